The van der Waals surface area contributed by atoms with Crippen LogP contribution in [0.15, 0.2) is 30.6 Å². The molecule has 0 aliphatic carbocycles. The summed E-state index contributed by atoms with van der Waals surface area (Å²) in [5.41, 5.74) is 0.821. The number of aromatic nitrogens is 2. The third-order valence-electron chi connectivity index (χ3n) is 2.82. The molecule has 1 aromatic carbocycles. The second kappa shape index (κ2) is 6.49. The molecule has 1 amide bonds. The van der Waals surface area contributed by atoms with Crippen LogP contribution in [0.25, 0.3) is 0 Å². The monoisotopic (exact) mass is 309 g/mol. The van der Waals surface area contributed by atoms with Crippen LogP contribution in [-0.4, -0.2) is 34.9 Å². The molecule has 5 nitrogen and oxygen atoms in total. The number of benzene rings is 1. The van der Waals surface area contributed by atoms with Gasteiger partial charge in [-0.05, 0) is 17.7 Å². The molecule has 0 saturated carbocycles. The summed E-state index contributed by atoms with van der Waals surface area (Å²) in [5.74, 6) is -0.631. The van der Waals surface area contributed by atoms with Crippen molar-refractivity contribution in [2.45, 2.75) is 6.54 Å². The average molecular weight is 310 g/mol. The van der Waals surface area contributed by atoms with Crippen molar-refractivity contribution < 1.29 is 13.9 Å². The number of amides is 1. The van der Waals surface area contributed by atoms with Gasteiger partial charge in [0.15, 0.2) is 11.6 Å². The molecule has 0 unspecified atom stereocenters. The predicted octanol–water partition coefficient (Wildman–Crippen LogP) is 2.55. The number of carbonyl (C=O) groups excluding carboxylic acids is 1. The Labute approximate surface area is 126 Å². The first-order valence-electron chi connectivity index (χ1n) is 6.06. The minimum absolute atomic E-state index is 0.163. The molecule has 2 rings (SSSR count). The number of hydrogen-bond acceptors (Lipinski definition) is 4. The van der Waals surface area contributed by atoms with Gasteiger partial charge in [0.05, 0.1) is 19.5 Å². The second-order valence-corrected chi connectivity index (χ2v) is 4.74. The number of carbonyl (C=O) groups is 1. The summed E-state index contributed by atoms with van der Waals surface area (Å²) in [6.45, 7) is 0.240. The van der Waals surface area contributed by atoms with Gasteiger partial charge >= 0.3 is 0 Å². The molecule has 1 heterocycles. The van der Waals surface area contributed by atoms with Crippen LogP contribution >= 0.6 is 11.6 Å². The van der Waals surface area contributed by atoms with E-state index in [1.54, 1.807) is 13.1 Å². The lowest BCUT2D eigenvalue weighted by Crippen LogP contribution is -2.27. The first-order valence-corrected chi connectivity index (χ1v) is 6.44. The fourth-order valence-electron chi connectivity index (χ4n) is 1.77. The Morgan fingerprint density at radius 3 is 2.71 bits per heavy atom. The highest BCUT2D eigenvalue weighted by molar-refractivity contribution is 6.29. The summed E-state index contributed by atoms with van der Waals surface area (Å²) < 4.78 is 18.5. The molecule has 7 heteroatoms. The van der Waals surface area contributed by atoms with E-state index in [9.17, 15) is 9.18 Å². The third-order valence-corrected chi connectivity index (χ3v) is 3.02. The van der Waals surface area contributed by atoms with Crippen molar-refractivity contribution in [3.63, 3.8) is 0 Å². The van der Waals surface area contributed by atoms with Gasteiger partial charge in [-0.25, -0.2) is 14.4 Å². The highest BCUT2D eigenvalue weighted by Gasteiger charge is 2.14. The third kappa shape index (κ3) is 3.66. The van der Waals surface area contributed by atoms with Gasteiger partial charge in [-0.15, -0.1) is 0 Å². The summed E-state index contributed by atoms with van der Waals surface area (Å²) >= 11 is 5.62. The van der Waals surface area contributed by atoms with Crippen molar-refractivity contribution in [1.82, 2.24) is 14.9 Å². The van der Waals surface area contributed by atoms with Gasteiger partial charge in [0.1, 0.15) is 10.8 Å². The van der Waals surface area contributed by atoms with E-state index in [0.29, 0.717) is 5.56 Å². The zero-order chi connectivity index (χ0) is 15.4. The number of nitrogens with zero attached hydrogens (tertiary/aromatic N) is 3. The van der Waals surface area contributed by atoms with E-state index < -0.39 is 5.82 Å². The Kier molecular flexibility index (Phi) is 4.70. The molecule has 0 aliphatic rings. The lowest BCUT2D eigenvalue weighted by atomic mass is 10.2. The normalized spacial score (nSPS) is 10.3. The van der Waals surface area contributed by atoms with E-state index in [0.717, 1.165) is 0 Å². The van der Waals surface area contributed by atoms with Gasteiger partial charge in [0, 0.05) is 13.6 Å². The maximum absolute atomic E-state index is 13.6. The van der Waals surface area contributed by atoms with E-state index in [1.165, 1.54) is 36.5 Å². The zero-order valence-electron chi connectivity index (χ0n) is 11.5. The molecule has 0 bridgehead atoms. The molecule has 0 saturated heterocycles. The number of hydrogen-bond donors (Lipinski definition) is 0. The zero-order valence-corrected chi connectivity index (χ0v) is 12.3. The highest BCUT2D eigenvalue weighted by atomic mass is 35.5. The van der Waals surface area contributed by atoms with E-state index in [-0.39, 0.29) is 29.0 Å². The lowest BCUT2D eigenvalue weighted by Gasteiger charge is -2.17. The minimum Gasteiger partial charge on any atom is -0.494 e. The largest absolute Gasteiger partial charge is 0.494 e. The Morgan fingerprint density at radius 1 is 1.38 bits per heavy atom. The topological polar surface area (TPSA) is 55.3 Å². The fraction of sp³-hybridized carbons (Fsp3) is 0.214. The van der Waals surface area contributed by atoms with Crippen molar-refractivity contribution >= 4 is 17.5 Å². The van der Waals surface area contributed by atoms with E-state index in [2.05, 4.69) is 9.97 Å². The van der Waals surface area contributed by atoms with Crippen molar-refractivity contribution in [2.24, 2.45) is 0 Å². The molecule has 110 valence electrons. The maximum Gasteiger partial charge on any atom is 0.274 e. The smallest absolute Gasteiger partial charge is 0.274 e. The quantitative estimate of drug-likeness (QED) is 0.871. The molecule has 0 atom stereocenters. The highest BCUT2D eigenvalue weighted by Crippen LogP contribution is 2.18. The molecule has 0 radical (unpaired) electrons. The SMILES string of the molecule is COc1ccc(CN(C)C(=O)c2cnc(Cl)cn2)cc1F. The van der Waals surface area contributed by atoms with Gasteiger partial charge in [-0.1, -0.05) is 17.7 Å². The molecular formula is C14H13ClFN3O2. The number of methoxy groups -OCH3 is 1. The van der Waals surface area contributed by atoms with Gasteiger partial charge in [0.2, 0.25) is 0 Å². The molecule has 0 aliphatic heterocycles. The van der Waals surface area contributed by atoms with Crippen LogP contribution in [0.2, 0.25) is 5.15 Å². The van der Waals surface area contributed by atoms with Crippen LogP contribution in [-0.2, 0) is 6.54 Å². The molecule has 1 aromatic heterocycles. The van der Waals surface area contributed by atoms with Crippen LogP contribution in [0.4, 0.5) is 4.39 Å². The maximum atomic E-state index is 13.6. The summed E-state index contributed by atoms with van der Waals surface area (Å²) in [4.78, 5) is 21.3. The van der Waals surface area contributed by atoms with E-state index in [1.807, 2.05) is 0 Å². The van der Waals surface area contributed by atoms with Crippen LogP contribution in [0.5, 0.6) is 5.75 Å². The van der Waals surface area contributed by atoms with Gasteiger partial charge in [-0.2, -0.15) is 0 Å². The van der Waals surface area contributed by atoms with Crippen molar-refractivity contribution in [3.8, 4) is 5.75 Å². The molecule has 0 fully saturated rings. The number of halogens is 2. The summed E-state index contributed by atoms with van der Waals surface area (Å²) in [6.07, 6.45) is 2.60. The molecule has 0 spiro atoms. The van der Waals surface area contributed by atoms with Crippen LogP contribution in [0.1, 0.15) is 16.1 Å². The number of ether oxygens (including phenoxy) is 1. The summed E-state index contributed by atoms with van der Waals surface area (Å²) in [5, 5.41) is 0.214. The Hall–Kier alpha value is -2.21. The molecule has 0 N–H and O–H groups in total. The summed E-state index contributed by atoms with van der Waals surface area (Å²) in [7, 11) is 2.99. The first-order chi connectivity index (χ1) is 10.0. The van der Waals surface area contributed by atoms with Gasteiger partial charge in [0.25, 0.3) is 5.91 Å². The Bertz CT molecular complexity index is 649. The summed E-state index contributed by atoms with van der Waals surface area (Å²) in [6, 6.07) is 4.54. The molecular weight excluding hydrogens is 297 g/mol. The number of rotatable bonds is 4. The first kappa shape index (κ1) is 15.2. The van der Waals surface area contributed by atoms with Gasteiger partial charge in [-0.3, -0.25) is 4.79 Å². The minimum atomic E-state index is -0.470. The van der Waals surface area contributed by atoms with Crippen LogP contribution < -0.4 is 4.74 Å². The fourth-order valence-corrected chi connectivity index (χ4v) is 1.87. The Morgan fingerprint density at radius 2 is 2.14 bits per heavy atom. The molecule has 2 aromatic rings. The van der Waals surface area contributed by atoms with Crippen molar-refractivity contribution in [2.75, 3.05) is 14.2 Å². The van der Waals surface area contributed by atoms with Crippen molar-refractivity contribution in [1.29, 1.82) is 0 Å². The standard InChI is InChI=1S/C14H13ClFN3O2/c1-19(14(20)11-6-18-13(15)7-17-11)8-9-3-4-12(21-2)10(16)5-9/h3-7H,8H2,1-2H3. The van der Waals surface area contributed by atoms with Crippen LogP contribution in [0.3, 0.4) is 0 Å². The molecule has 21 heavy (non-hydrogen) atoms. The predicted molar refractivity (Wildman–Crippen MR) is 75.8 cm³/mol. The van der Waals surface area contributed by atoms with Crippen molar-refractivity contribution in [3.05, 3.63) is 52.8 Å². The van der Waals surface area contributed by atoms with E-state index >= 15 is 0 Å². The average Bonchev–Trinajstić information content (AvgIpc) is 2.47. The lowest BCUT2D eigenvalue weighted by molar-refractivity contribution is 0.0778. The van der Waals surface area contributed by atoms with Gasteiger partial charge < -0.3 is 9.64 Å². The second-order valence-electron chi connectivity index (χ2n) is 4.35. The van der Waals surface area contributed by atoms with E-state index in [4.69, 9.17) is 16.3 Å². The van der Waals surface area contributed by atoms with Crippen LogP contribution in [0, 0.1) is 5.82 Å². The Balaban J connectivity index is 2.10.